The maximum atomic E-state index is 13.5. The van der Waals surface area contributed by atoms with Crippen molar-refractivity contribution >= 4 is 29.3 Å². The summed E-state index contributed by atoms with van der Waals surface area (Å²) in [5.41, 5.74) is 1.18. The Hall–Kier alpha value is -4.01. The Morgan fingerprint density at radius 3 is 2.88 bits per heavy atom. The second kappa shape index (κ2) is 15.5. The van der Waals surface area contributed by atoms with Crippen molar-refractivity contribution in [2.75, 3.05) is 50.9 Å². The Bertz CT molecular complexity index is 1240. The lowest BCUT2D eigenvalue weighted by atomic mass is 10.2. The number of β-amino-alcohol motifs (C(OH)–C–C–N with tert-alkyl or cyclic N) is 1. The molecule has 0 bridgehead atoms. The van der Waals surface area contributed by atoms with Gasteiger partial charge in [0.15, 0.2) is 0 Å². The van der Waals surface area contributed by atoms with E-state index in [0.29, 0.717) is 55.5 Å². The molecule has 214 valence electrons. The van der Waals surface area contributed by atoms with Crippen LogP contribution in [-0.2, 0) is 9.59 Å². The summed E-state index contributed by atoms with van der Waals surface area (Å²) >= 11 is 0. The summed E-state index contributed by atoms with van der Waals surface area (Å²) in [5, 5.41) is 19.2. The van der Waals surface area contributed by atoms with Gasteiger partial charge in [-0.3, -0.25) is 9.59 Å². The van der Waals surface area contributed by atoms with Gasteiger partial charge in [0, 0.05) is 50.8 Å². The number of aromatic nitrogens is 2. The number of benzene rings is 1. The summed E-state index contributed by atoms with van der Waals surface area (Å²) in [7, 11) is 3.80. The highest BCUT2D eigenvalue weighted by Gasteiger charge is 2.37. The number of halogens is 1. The molecule has 1 aliphatic rings. The van der Waals surface area contributed by atoms with Crippen LogP contribution in [0.4, 0.5) is 21.8 Å². The van der Waals surface area contributed by atoms with Gasteiger partial charge in [0.25, 0.3) is 0 Å². The molecule has 1 fully saturated rings. The van der Waals surface area contributed by atoms with Crippen LogP contribution in [0.25, 0.3) is 0 Å². The molecule has 0 radical (unpaired) electrons. The molecule has 0 spiro atoms. The Kier molecular flexibility index (Phi) is 11.9. The first-order valence-corrected chi connectivity index (χ1v) is 13.5. The van der Waals surface area contributed by atoms with E-state index in [2.05, 4.69) is 37.8 Å². The fourth-order valence-electron chi connectivity index (χ4n) is 4.04. The highest BCUT2D eigenvalue weighted by atomic mass is 19.1. The first kappa shape index (κ1) is 30.5. The molecule has 2 heterocycles. The minimum atomic E-state index is -0.721. The van der Waals surface area contributed by atoms with Gasteiger partial charge in [-0.1, -0.05) is 30.9 Å². The van der Waals surface area contributed by atoms with E-state index in [0.717, 1.165) is 6.42 Å². The maximum Gasteiger partial charge on any atom is 0.247 e. The number of carbonyl (C=O) groups is 2. The number of rotatable bonds is 12. The molecule has 3 rings (SSSR count). The average Bonchev–Trinajstić information content (AvgIpc) is 3.31. The summed E-state index contributed by atoms with van der Waals surface area (Å²) in [4.78, 5) is 37.4. The lowest BCUT2D eigenvalue weighted by molar-refractivity contribution is -0.135. The van der Waals surface area contributed by atoms with Crippen LogP contribution < -0.4 is 16.0 Å². The highest BCUT2D eigenvalue weighted by molar-refractivity contribution is 5.93. The second-order valence-corrected chi connectivity index (χ2v) is 9.77. The van der Waals surface area contributed by atoms with Crippen molar-refractivity contribution in [2.45, 2.75) is 44.8 Å². The summed E-state index contributed by atoms with van der Waals surface area (Å²) in [5.74, 6) is 6.18. The summed E-state index contributed by atoms with van der Waals surface area (Å²) in [6.07, 6.45) is 6.34. The van der Waals surface area contributed by atoms with Crippen LogP contribution in [0.3, 0.4) is 0 Å². The zero-order valence-corrected chi connectivity index (χ0v) is 23.3. The molecule has 2 amide bonds. The van der Waals surface area contributed by atoms with Crippen molar-refractivity contribution in [3.63, 3.8) is 0 Å². The van der Waals surface area contributed by atoms with E-state index in [1.807, 2.05) is 25.9 Å². The number of carbonyl (C=O) groups excluding carboxylic acids is 2. The Morgan fingerprint density at radius 2 is 2.12 bits per heavy atom. The van der Waals surface area contributed by atoms with Gasteiger partial charge in [0.2, 0.25) is 17.8 Å². The molecule has 0 unspecified atom stereocenters. The van der Waals surface area contributed by atoms with Crippen LogP contribution in [-0.4, -0.2) is 89.1 Å². The van der Waals surface area contributed by atoms with Crippen molar-refractivity contribution in [3.8, 4) is 11.8 Å². The molecule has 2 atom stereocenters. The van der Waals surface area contributed by atoms with Crippen molar-refractivity contribution in [3.05, 3.63) is 54.0 Å². The summed E-state index contributed by atoms with van der Waals surface area (Å²) < 4.78 is 13.5. The molecule has 1 aliphatic heterocycles. The Balaban J connectivity index is 1.52. The molecule has 1 aromatic carbocycles. The number of nitrogens with zero attached hydrogens (tertiary/aromatic N) is 4. The number of anilines is 3. The molecular weight excluding hydrogens is 513 g/mol. The van der Waals surface area contributed by atoms with Gasteiger partial charge in [-0.15, -0.1) is 0 Å². The van der Waals surface area contributed by atoms with Crippen LogP contribution in [0, 0.1) is 17.7 Å². The molecule has 2 aromatic rings. The molecule has 11 heteroatoms. The predicted molar refractivity (Wildman–Crippen MR) is 153 cm³/mol. The largest absolute Gasteiger partial charge is 0.391 e. The van der Waals surface area contributed by atoms with E-state index in [1.165, 1.54) is 23.1 Å². The van der Waals surface area contributed by atoms with Crippen LogP contribution >= 0.6 is 0 Å². The lowest BCUT2D eigenvalue weighted by Crippen LogP contribution is -2.45. The van der Waals surface area contributed by atoms with E-state index >= 15 is 0 Å². The quantitative estimate of drug-likeness (QED) is 0.180. The summed E-state index contributed by atoms with van der Waals surface area (Å²) in [6.45, 7) is 3.90. The van der Waals surface area contributed by atoms with E-state index in [1.54, 1.807) is 24.4 Å². The third-order valence-electron chi connectivity index (χ3n) is 6.01. The number of aliphatic hydroxyl groups is 1. The monoisotopic (exact) mass is 551 g/mol. The number of hydrogen-bond donors (Lipinski definition) is 4. The SMILES string of the molecule is CCCNc1nc(Nc2cccc(F)c2)ncc1C#CCCCNC(=O)[C@@H]1C[C@@H](O)CN1C(=O)/C=C/CN(C)C. The molecule has 40 heavy (non-hydrogen) atoms. The van der Waals surface area contributed by atoms with Crippen molar-refractivity contribution in [1.29, 1.82) is 0 Å². The topological polar surface area (TPSA) is 123 Å². The molecule has 0 aliphatic carbocycles. The van der Waals surface area contributed by atoms with E-state index in [9.17, 15) is 19.1 Å². The number of aliphatic hydroxyl groups excluding tert-OH is 1. The van der Waals surface area contributed by atoms with Crippen molar-refractivity contribution in [1.82, 2.24) is 25.1 Å². The van der Waals surface area contributed by atoms with Crippen molar-refractivity contribution < 1.29 is 19.1 Å². The highest BCUT2D eigenvalue weighted by Crippen LogP contribution is 2.19. The van der Waals surface area contributed by atoms with Gasteiger partial charge in [-0.2, -0.15) is 4.98 Å². The standard InChI is InChI=1S/C29H38FN7O3/c1-4-14-31-27-21(19-33-29(35-27)34-23-12-8-11-22(30)17-23)10-6-5-7-15-32-28(40)25-18-24(38)20-37(25)26(39)13-9-16-36(2)3/h8-9,11-13,17,19,24-25,38H,4-5,7,14-16,18,20H2,1-3H3,(H,32,40)(H2,31,33,34,35)/b13-9+/t24-,25+/m1/s1. The maximum absolute atomic E-state index is 13.5. The Labute approximate surface area is 235 Å². The molecule has 4 N–H and O–H groups in total. The minimum Gasteiger partial charge on any atom is -0.391 e. The van der Waals surface area contributed by atoms with Crippen LogP contribution in [0.2, 0.25) is 0 Å². The van der Waals surface area contributed by atoms with E-state index in [4.69, 9.17) is 0 Å². The second-order valence-electron chi connectivity index (χ2n) is 9.77. The zero-order chi connectivity index (χ0) is 28.9. The van der Waals surface area contributed by atoms with Crippen LogP contribution in [0.1, 0.15) is 38.2 Å². The number of nitrogens with one attached hydrogen (secondary N) is 3. The third kappa shape index (κ3) is 9.63. The molecular formula is C29H38FN7O3. The third-order valence-corrected chi connectivity index (χ3v) is 6.01. The van der Waals surface area contributed by atoms with Gasteiger partial charge >= 0.3 is 0 Å². The molecule has 1 aromatic heterocycles. The summed E-state index contributed by atoms with van der Waals surface area (Å²) in [6, 6.07) is 5.37. The van der Waals surface area contributed by atoms with Gasteiger partial charge in [0.05, 0.1) is 17.9 Å². The van der Waals surface area contributed by atoms with Gasteiger partial charge in [-0.05, 0) is 45.1 Å². The fourth-order valence-corrected chi connectivity index (χ4v) is 4.04. The number of likely N-dealkylation sites (tertiary alicyclic amines) is 1. The van der Waals surface area contributed by atoms with Gasteiger partial charge in [0.1, 0.15) is 17.7 Å². The molecule has 1 saturated heterocycles. The van der Waals surface area contributed by atoms with E-state index in [-0.39, 0.29) is 30.6 Å². The van der Waals surface area contributed by atoms with Crippen LogP contribution in [0.5, 0.6) is 0 Å². The van der Waals surface area contributed by atoms with Gasteiger partial charge < -0.3 is 30.9 Å². The zero-order valence-electron chi connectivity index (χ0n) is 23.3. The lowest BCUT2D eigenvalue weighted by Gasteiger charge is -2.22. The Morgan fingerprint density at radius 1 is 1.30 bits per heavy atom. The normalized spacial score (nSPS) is 16.6. The number of unbranched alkanes of at least 4 members (excludes halogenated alkanes) is 1. The average molecular weight is 552 g/mol. The fraction of sp³-hybridized carbons (Fsp3) is 0.448. The number of amides is 2. The molecule has 10 nitrogen and oxygen atoms in total. The van der Waals surface area contributed by atoms with E-state index < -0.39 is 12.1 Å². The van der Waals surface area contributed by atoms with Gasteiger partial charge in [-0.25, -0.2) is 9.37 Å². The first-order chi connectivity index (χ1) is 19.3. The van der Waals surface area contributed by atoms with Crippen LogP contribution in [0.15, 0.2) is 42.6 Å². The molecule has 0 saturated carbocycles. The first-order valence-electron chi connectivity index (χ1n) is 13.5. The number of likely N-dealkylation sites (N-methyl/N-ethyl adjacent to an activating group) is 1. The predicted octanol–water partition coefficient (Wildman–Crippen LogP) is 2.51. The number of hydrogen-bond acceptors (Lipinski definition) is 8. The van der Waals surface area contributed by atoms with Crippen molar-refractivity contribution in [2.24, 2.45) is 0 Å². The minimum absolute atomic E-state index is 0.141. The smallest absolute Gasteiger partial charge is 0.247 e.